The molecule has 7 nitrogen and oxygen atoms in total. The van der Waals surface area contributed by atoms with Crippen LogP contribution >= 0.6 is 11.3 Å². The van der Waals surface area contributed by atoms with Crippen LogP contribution in [-0.4, -0.2) is 25.1 Å². The Hall–Kier alpha value is -2.22. The number of hydrogen-bond donors (Lipinski definition) is 1. The first kappa shape index (κ1) is 14.4. The first-order valence-electron chi connectivity index (χ1n) is 7.71. The summed E-state index contributed by atoms with van der Waals surface area (Å²) in [5.41, 5.74) is 6.81. The lowest BCUT2D eigenvalue weighted by Gasteiger charge is -2.17. The van der Waals surface area contributed by atoms with Crippen molar-refractivity contribution in [1.82, 2.24) is 19.2 Å². The van der Waals surface area contributed by atoms with Crippen molar-refractivity contribution in [3.8, 4) is 0 Å². The molecule has 3 aromatic heterocycles. The zero-order valence-electron chi connectivity index (χ0n) is 12.8. The van der Waals surface area contributed by atoms with Gasteiger partial charge >= 0.3 is 5.69 Å². The van der Waals surface area contributed by atoms with E-state index in [2.05, 4.69) is 17.0 Å². The summed E-state index contributed by atoms with van der Waals surface area (Å²) in [6.45, 7) is 2.46. The van der Waals surface area contributed by atoms with Crippen LogP contribution in [0, 0.1) is 5.92 Å². The number of amides is 1. The highest BCUT2D eigenvalue weighted by atomic mass is 32.1. The summed E-state index contributed by atoms with van der Waals surface area (Å²) < 4.78 is 2.77. The van der Waals surface area contributed by atoms with Crippen LogP contribution in [0.25, 0.3) is 15.9 Å². The van der Waals surface area contributed by atoms with Crippen LogP contribution in [0.5, 0.6) is 0 Å². The van der Waals surface area contributed by atoms with Gasteiger partial charge in [-0.25, -0.2) is 18.9 Å². The van der Waals surface area contributed by atoms with Gasteiger partial charge in [-0.1, -0.05) is 6.92 Å². The third-order valence-electron chi connectivity index (χ3n) is 4.45. The molecule has 0 aromatic carbocycles. The second kappa shape index (κ2) is 5.16. The zero-order chi connectivity index (χ0) is 16.1. The van der Waals surface area contributed by atoms with E-state index in [4.69, 9.17) is 5.73 Å². The molecule has 3 aromatic rings. The molecule has 0 saturated heterocycles. The van der Waals surface area contributed by atoms with E-state index in [1.807, 2.05) is 0 Å². The van der Waals surface area contributed by atoms with Gasteiger partial charge in [-0.3, -0.25) is 4.79 Å². The van der Waals surface area contributed by atoms with Gasteiger partial charge in [0.15, 0.2) is 5.65 Å². The van der Waals surface area contributed by atoms with Crippen LogP contribution in [0.1, 0.15) is 30.2 Å². The van der Waals surface area contributed by atoms with Crippen molar-refractivity contribution >= 4 is 33.1 Å². The Labute approximate surface area is 135 Å². The molecule has 8 heteroatoms. The summed E-state index contributed by atoms with van der Waals surface area (Å²) in [7, 11) is 0. The summed E-state index contributed by atoms with van der Waals surface area (Å²) in [5, 5.41) is 5.43. The summed E-state index contributed by atoms with van der Waals surface area (Å²) in [5.74, 6) is 0.237. The maximum absolute atomic E-state index is 12.4. The Bertz CT molecular complexity index is 983. The molecule has 0 saturated carbocycles. The van der Waals surface area contributed by atoms with Gasteiger partial charge in [0.25, 0.3) is 0 Å². The highest BCUT2D eigenvalue weighted by Gasteiger charge is 2.24. The van der Waals surface area contributed by atoms with Crippen molar-refractivity contribution in [2.75, 3.05) is 0 Å². The molecular formula is C15H17N5O2S. The highest BCUT2D eigenvalue weighted by molar-refractivity contribution is 7.19. The van der Waals surface area contributed by atoms with E-state index in [9.17, 15) is 9.59 Å². The largest absolute Gasteiger partial charge is 0.370 e. The number of thiophene rings is 1. The maximum atomic E-state index is 12.4. The summed E-state index contributed by atoms with van der Waals surface area (Å²) >= 11 is 1.70. The van der Waals surface area contributed by atoms with Crippen molar-refractivity contribution in [1.29, 1.82) is 0 Å². The molecule has 4 rings (SSSR count). The predicted octanol–water partition coefficient (Wildman–Crippen LogP) is 1.11. The number of fused-ring (bicyclic) bond motifs is 5. The van der Waals surface area contributed by atoms with E-state index in [0.717, 1.165) is 29.5 Å². The normalized spacial score (nSPS) is 17.7. The molecule has 0 radical (unpaired) electrons. The fourth-order valence-electron chi connectivity index (χ4n) is 3.22. The first-order valence-corrected chi connectivity index (χ1v) is 8.53. The molecule has 1 aliphatic carbocycles. The number of primary amides is 1. The number of carbonyl (C=O) groups is 1. The fourth-order valence-corrected chi connectivity index (χ4v) is 4.57. The molecule has 0 spiro atoms. The Morgan fingerprint density at radius 1 is 1.52 bits per heavy atom. The monoisotopic (exact) mass is 331 g/mol. The quantitative estimate of drug-likeness (QED) is 0.777. The molecule has 120 valence electrons. The molecule has 1 amide bonds. The number of nitrogens with zero attached hydrogens (tertiary/aromatic N) is 4. The standard InChI is InChI=1S/C15H17N5O2S/c1-8-2-3-9-10(6-8)23-14-12(9)13-18-20(5-4-11(16)21)15(22)19(13)7-17-14/h7-8H,2-6H2,1H3,(H2,16,21). The SMILES string of the molecule is CC1CCc2c(sc3ncn4c(=O)n(CCC(N)=O)nc4c23)C1. The molecule has 1 aliphatic rings. The maximum Gasteiger partial charge on any atom is 0.351 e. The van der Waals surface area contributed by atoms with Gasteiger partial charge in [-0.2, -0.15) is 0 Å². The molecule has 1 unspecified atom stereocenters. The third-order valence-corrected chi connectivity index (χ3v) is 5.61. The highest BCUT2D eigenvalue weighted by Crippen LogP contribution is 2.38. The van der Waals surface area contributed by atoms with Crippen LogP contribution < -0.4 is 11.4 Å². The third kappa shape index (κ3) is 2.24. The van der Waals surface area contributed by atoms with Crippen molar-refractivity contribution in [3.05, 3.63) is 27.3 Å². The van der Waals surface area contributed by atoms with E-state index in [1.165, 1.54) is 25.9 Å². The average Bonchev–Trinajstić information content (AvgIpc) is 3.02. The number of rotatable bonds is 3. The van der Waals surface area contributed by atoms with Crippen molar-refractivity contribution in [2.24, 2.45) is 11.7 Å². The lowest BCUT2D eigenvalue weighted by atomic mass is 9.89. The summed E-state index contributed by atoms with van der Waals surface area (Å²) in [6, 6.07) is 0. The van der Waals surface area contributed by atoms with E-state index >= 15 is 0 Å². The van der Waals surface area contributed by atoms with Crippen molar-refractivity contribution < 1.29 is 4.79 Å². The Morgan fingerprint density at radius 2 is 2.35 bits per heavy atom. The van der Waals surface area contributed by atoms with E-state index in [1.54, 1.807) is 11.3 Å². The van der Waals surface area contributed by atoms with E-state index in [-0.39, 0.29) is 18.7 Å². The Kier molecular flexibility index (Phi) is 3.22. The Balaban J connectivity index is 1.92. The van der Waals surface area contributed by atoms with E-state index in [0.29, 0.717) is 11.6 Å². The molecule has 0 fully saturated rings. The lowest BCUT2D eigenvalue weighted by molar-refractivity contribution is -0.118. The molecule has 3 heterocycles. The summed E-state index contributed by atoms with van der Waals surface area (Å²) in [4.78, 5) is 30.1. The fraction of sp³-hybridized carbons (Fsp3) is 0.467. The van der Waals surface area contributed by atoms with Gasteiger partial charge in [0.2, 0.25) is 5.91 Å². The van der Waals surface area contributed by atoms with Gasteiger partial charge in [0.05, 0.1) is 11.9 Å². The van der Waals surface area contributed by atoms with Crippen molar-refractivity contribution in [2.45, 2.75) is 39.2 Å². The first-order chi connectivity index (χ1) is 11.0. The van der Waals surface area contributed by atoms with Gasteiger partial charge in [0, 0.05) is 11.3 Å². The second-order valence-electron chi connectivity index (χ2n) is 6.19. The number of hydrogen-bond acceptors (Lipinski definition) is 5. The van der Waals surface area contributed by atoms with E-state index < -0.39 is 5.91 Å². The van der Waals surface area contributed by atoms with Crippen molar-refractivity contribution in [3.63, 3.8) is 0 Å². The molecular weight excluding hydrogens is 314 g/mol. The smallest absolute Gasteiger partial charge is 0.351 e. The summed E-state index contributed by atoms with van der Waals surface area (Å²) in [6.07, 6.45) is 4.83. The van der Waals surface area contributed by atoms with Gasteiger partial charge < -0.3 is 5.73 Å². The minimum atomic E-state index is -0.445. The number of carbonyl (C=O) groups excluding carboxylic acids is 1. The number of aryl methyl sites for hydroxylation is 2. The number of nitrogens with two attached hydrogens (primary N) is 1. The molecule has 23 heavy (non-hydrogen) atoms. The average molecular weight is 331 g/mol. The number of aromatic nitrogens is 4. The van der Waals surface area contributed by atoms with Crippen LogP contribution in [0.2, 0.25) is 0 Å². The molecule has 0 aliphatic heterocycles. The lowest BCUT2D eigenvalue weighted by Crippen LogP contribution is -2.24. The zero-order valence-corrected chi connectivity index (χ0v) is 13.6. The van der Waals surface area contributed by atoms with Crippen LogP contribution in [-0.2, 0) is 24.2 Å². The minimum Gasteiger partial charge on any atom is -0.370 e. The molecule has 0 bridgehead atoms. The molecule has 1 atom stereocenters. The topological polar surface area (TPSA) is 95.3 Å². The van der Waals surface area contributed by atoms with Crippen LogP contribution in [0.15, 0.2) is 11.1 Å². The van der Waals surface area contributed by atoms with Crippen LogP contribution in [0.3, 0.4) is 0 Å². The second-order valence-corrected chi connectivity index (χ2v) is 7.28. The van der Waals surface area contributed by atoms with Gasteiger partial charge in [-0.05, 0) is 30.7 Å². The van der Waals surface area contributed by atoms with Crippen LogP contribution in [0.4, 0.5) is 0 Å². The van der Waals surface area contributed by atoms with Gasteiger partial charge in [-0.15, -0.1) is 16.4 Å². The minimum absolute atomic E-state index is 0.0968. The Morgan fingerprint density at radius 3 is 3.13 bits per heavy atom. The predicted molar refractivity (Wildman–Crippen MR) is 87.6 cm³/mol. The van der Waals surface area contributed by atoms with Gasteiger partial charge in [0.1, 0.15) is 11.2 Å². The molecule has 2 N–H and O–H groups in total.